The maximum Gasteiger partial charge on any atom is 0.265 e. The van der Waals surface area contributed by atoms with E-state index in [0.29, 0.717) is 12.1 Å². The van der Waals surface area contributed by atoms with Crippen LogP contribution in [0.1, 0.15) is 16.7 Å². The molecule has 0 aliphatic carbocycles. The predicted octanol–water partition coefficient (Wildman–Crippen LogP) is 1.91. The van der Waals surface area contributed by atoms with E-state index in [4.69, 9.17) is 5.73 Å². The van der Waals surface area contributed by atoms with Crippen molar-refractivity contribution in [1.82, 2.24) is 0 Å². The Morgan fingerprint density at radius 2 is 1.83 bits per heavy atom. The van der Waals surface area contributed by atoms with Crippen LogP contribution < -0.4 is 10.0 Å². The van der Waals surface area contributed by atoms with Crippen molar-refractivity contribution in [3.05, 3.63) is 59.2 Å². The summed E-state index contributed by atoms with van der Waals surface area (Å²) in [5.74, 6) is -0.645. The van der Waals surface area contributed by atoms with E-state index in [-0.39, 0.29) is 4.90 Å². The van der Waals surface area contributed by atoms with Gasteiger partial charge in [-0.25, -0.2) is 8.42 Å². The van der Waals surface area contributed by atoms with Gasteiger partial charge in [-0.1, -0.05) is 24.3 Å². The second-order valence-electron chi connectivity index (χ2n) is 5.80. The Balaban J connectivity index is 2.16. The summed E-state index contributed by atoms with van der Waals surface area (Å²) in [5.41, 5.74) is 8.68. The molecule has 0 saturated heterocycles. The summed E-state index contributed by atoms with van der Waals surface area (Å²) in [6.07, 6.45) is 0.301. The van der Waals surface area contributed by atoms with E-state index in [9.17, 15) is 13.2 Å². The molecule has 0 radical (unpaired) electrons. The lowest BCUT2D eigenvalue weighted by molar-refractivity contribution is -0.118. The SMILES string of the molecule is Cc1ccc(S(=O)(=O)N2c3ccccc3C[C@H]2C(N)=O)cc1C. The number of fused-ring (bicyclic) bond motifs is 1. The third-order valence-electron chi connectivity index (χ3n) is 4.29. The summed E-state index contributed by atoms with van der Waals surface area (Å²) >= 11 is 0. The first-order chi connectivity index (χ1) is 10.8. The topological polar surface area (TPSA) is 80.5 Å². The fourth-order valence-corrected chi connectivity index (χ4v) is 4.60. The number of amides is 1. The van der Waals surface area contributed by atoms with Gasteiger partial charge in [0.2, 0.25) is 5.91 Å². The molecule has 1 heterocycles. The van der Waals surface area contributed by atoms with Crippen molar-refractivity contribution < 1.29 is 13.2 Å². The summed E-state index contributed by atoms with van der Waals surface area (Å²) in [4.78, 5) is 12.0. The van der Waals surface area contributed by atoms with Crippen LogP contribution in [0.5, 0.6) is 0 Å². The number of nitrogens with zero attached hydrogens (tertiary/aromatic N) is 1. The number of benzene rings is 2. The first-order valence-corrected chi connectivity index (χ1v) is 8.75. The molecule has 1 atom stereocenters. The monoisotopic (exact) mass is 330 g/mol. The van der Waals surface area contributed by atoms with Gasteiger partial charge in [0, 0.05) is 6.42 Å². The molecule has 0 fully saturated rings. The molecule has 23 heavy (non-hydrogen) atoms. The molecule has 0 saturated carbocycles. The summed E-state index contributed by atoms with van der Waals surface area (Å²) < 4.78 is 27.3. The van der Waals surface area contributed by atoms with Crippen molar-refractivity contribution in [2.45, 2.75) is 31.2 Å². The minimum absolute atomic E-state index is 0.170. The predicted molar refractivity (Wildman–Crippen MR) is 88.7 cm³/mol. The number of nitrogens with two attached hydrogens (primary N) is 1. The highest BCUT2D eigenvalue weighted by atomic mass is 32.2. The normalized spacial score (nSPS) is 17.1. The molecule has 6 heteroatoms. The quantitative estimate of drug-likeness (QED) is 0.933. The maximum absolute atomic E-state index is 13.1. The number of sulfonamides is 1. The molecule has 5 nitrogen and oxygen atoms in total. The lowest BCUT2D eigenvalue weighted by Crippen LogP contribution is -2.46. The molecular formula is C17H18N2O3S. The first-order valence-electron chi connectivity index (χ1n) is 7.31. The van der Waals surface area contributed by atoms with Crippen molar-refractivity contribution in [1.29, 1.82) is 0 Å². The highest BCUT2D eigenvalue weighted by Gasteiger charge is 2.41. The molecule has 0 spiro atoms. The zero-order valence-corrected chi connectivity index (χ0v) is 13.8. The average Bonchev–Trinajstić information content (AvgIpc) is 2.90. The van der Waals surface area contributed by atoms with Gasteiger partial charge in [0.1, 0.15) is 6.04 Å². The number of primary amides is 1. The summed E-state index contributed by atoms with van der Waals surface area (Å²) in [5, 5.41) is 0. The Labute approximate surface area is 135 Å². The molecule has 2 aromatic rings. The Hall–Kier alpha value is -2.34. The standard InChI is InChI=1S/C17H18N2O3S/c1-11-7-8-14(9-12(11)2)23(21,22)19-15-6-4-3-5-13(15)10-16(19)17(18)20/h3-9,16H,10H2,1-2H3,(H2,18,20)/t16-/m0/s1. The van der Waals surface area contributed by atoms with Crippen LogP contribution in [0.25, 0.3) is 0 Å². The van der Waals surface area contributed by atoms with Gasteiger partial charge in [-0.15, -0.1) is 0 Å². The zero-order chi connectivity index (χ0) is 16.8. The molecule has 0 unspecified atom stereocenters. The van der Waals surface area contributed by atoms with E-state index in [0.717, 1.165) is 21.0 Å². The minimum atomic E-state index is -3.85. The number of carbonyl (C=O) groups is 1. The molecular weight excluding hydrogens is 312 g/mol. The molecule has 120 valence electrons. The molecule has 2 aromatic carbocycles. The van der Waals surface area contributed by atoms with E-state index in [1.807, 2.05) is 26.0 Å². The van der Waals surface area contributed by atoms with Gasteiger partial charge in [0.25, 0.3) is 10.0 Å². The van der Waals surface area contributed by atoms with Crippen LogP contribution >= 0.6 is 0 Å². The van der Waals surface area contributed by atoms with Crippen molar-refractivity contribution in [2.24, 2.45) is 5.73 Å². The number of para-hydroxylation sites is 1. The molecule has 1 amide bonds. The van der Waals surface area contributed by atoms with Crippen LogP contribution in [-0.4, -0.2) is 20.4 Å². The van der Waals surface area contributed by atoms with Gasteiger partial charge in [0.15, 0.2) is 0 Å². The summed E-state index contributed by atoms with van der Waals surface area (Å²) in [6.45, 7) is 3.78. The Morgan fingerprint density at radius 3 is 2.48 bits per heavy atom. The Kier molecular flexibility index (Phi) is 3.64. The second-order valence-corrected chi connectivity index (χ2v) is 7.61. The van der Waals surface area contributed by atoms with Gasteiger partial charge in [-0.3, -0.25) is 9.10 Å². The van der Waals surface area contributed by atoms with Crippen molar-refractivity contribution in [2.75, 3.05) is 4.31 Å². The smallest absolute Gasteiger partial charge is 0.265 e. The average molecular weight is 330 g/mol. The number of hydrogen-bond donors (Lipinski definition) is 1. The van der Waals surface area contributed by atoms with Gasteiger partial charge in [-0.05, 0) is 48.7 Å². The first kappa shape index (κ1) is 15.6. The number of carbonyl (C=O) groups excluding carboxylic acids is 1. The molecule has 2 N–H and O–H groups in total. The highest BCUT2D eigenvalue weighted by Crippen LogP contribution is 2.36. The number of hydrogen-bond acceptors (Lipinski definition) is 3. The van der Waals surface area contributed by atoms with Gasteiger partial charge < -0.3 is 5.73 Å². The fraction of sp³-hybridized carbons (Fsp3) is 0.235. The molecule has 1 aliphatic rings. The molecule has 0 aromatic heterocycles. The van der Waals surface area contributed by atoms with Gasteiger partial charge in [0.05, 0.1) is 10.6 Å². The molecule has 1 aliphatic heterocycles. The zero-order valence-electron chi connectivity index (χ0n) is 13.0. The lowest BCUT2D eigenvalue weighted by atomic mass is 10.1. The van der Waals surface area contributed by atoms with Crippen LogP contribution in [0.4, 0.5) is 5.69 Å². The fourth-order valence-electron chi connectivity index (χ4n) is 2.86. The molecule has 0 bridgehead atoms. The minimum Gasteiger partial charge on any atom is -0.368 e. The number of aryl methyl sites for hydroxylation is 2. The second kappa shape index (κ2) is 5.38. The summed E-state index contributed by atoms with van der Waals surface area (Å²) in [6, 6.07) is 11.2. The van der Waals surface area contributed by atoms with E-state index in [1.54, 1.807) is 30.3 Å². The van der Waals surface area contributed by atoms with Crippen LogP contribution in [0, 0.1) is 13.8 Å². The highest BCUT2D eigenvalue weighted by molar-refractivity contribution is 7.93. The van der Waals surface area contributed by atoms with Crippen LogP contribution in [-0.2, 0) is 21.2 Å². The Bertz CT molecular complexity index is 890. The maximum atomic E-state index is 13.1. The van der Waals surface area contributed by atoms with Crippen molar-refractivity contribution >= 4 is 21.6 Å². The van der Waals surface area contributed by atoms with Crippen LogP contribution in [0.3, 0.4) is 0 Å². The van der Waals surface area contributed by atoms with Gasteiger partial charge >= 0.3 is 0 Å². The molecule has 3 rings (SSSR count). The van der Waals surface area contributed by atoms with Crippen LogP contribution in [0.15, 0.2) is 47.4 Å². The third-order valence-corrected chi connectivity index (χ3v) is 6.11. The summed E-state index contributed by atoms with van der Waals surface area (Å²) in [7, 11) is -3.85. The van der Waals surface area contributed by atoms with Crippen molar-refractivity contribution in [3.8, 4) is 0 Å². The van der Waals surface area contributed by atoms with Crippen molar-refractivity contribution in [3.63, 3.8) is 0 Å². The van der Waals surface area contributed by atoms with E-state index in [1.165, 1.54) is 0 Å². The number of anilines is 1. The number of rotatable bonds is 3. The lowest BCUT2D eigenvalue weighted by Gasteiger charge is -2.25. The largest absolute Gasteiger partial charge is 0.368 e. The van der Waals surface area contributed by atoms with Crippen LogP contribution in [0.2, 0.25) is 0 Å². The van der Waals surface area contributed by atoms with E-state index in [2.05, 4.69) is 0 Å². The van der Waals surface area contributed by atoms with E-state index < -0.39 is 22.0 Å². The van der Waals surface area contributed by atoms with Gasteiger partial charge in [-0.2, -0.15) is 0 Å². The Morgan fingerprint density at radius 1 is 1.13 bits per heavy atom. The third kappa shape index (κ3) is 2.49. The van der Waals surface area contributed by atoms with E-state index >= 15 is 0 Å².